The van der Waals surface area contributed by atoms with E-state index in [-0.39, 0.29) is 12.3 Å². The van der Waals surface area contributed by atoms with Gasteiger partial charge in [-0.1, -0.05) is 18.2 Å². The van der Waals surface area contributed by atoms with E-state index in [1.54, 1.807) is 36.1 Å². The van der Waals surface area contributed by atoms with Crippen LogP contribution in [-0.2, 0) is 10.2 Å². The zero-order chi connectivity index (χ0) is 14.3. The number of hydrogen-bond donors (Lipinski definition) is 0. The molecule has 0 aromatic heterocycles. The van der Waals surface area contributed by atoms with E-state index < -0.39 is 18.0 Å². The van der Waals surface area contributed by atoms with E-state index in [2.05, 4.69) is 0 Å². The lowest BCUT2D eigenvalue weighted by molar-refractivity contribution is -0.141. The van der Waals surface area contributed by atoms with Crippen LogP contribution in [0.2, 0.25) is 0 Å². The van der Waals surface area contributed by atoms with Crippen LogP contribution in [0.4, 0.5) is 18.9 Å². The highest BCUT2D eigenvalue weighted by atomic mass is 19.4. The van der Waals surface area contributed by atoms with Crippen molar-refractivity contribution < 1.29 is 18.0 Å². The molecule has 0 bridgehead atoms. The number of likely N-dealkylation sites (N-methyl/N-ethyl adjacent to an activating group) is 1. The van der Waals surface area contributed by atoms with Gasteiger partial charge in [0.2, 0.25) is 5.91 Å². The largest absolute Gasteiger partial charge is 0.389 e. The maximum atomic E-state index is 12.4. The van der Waals surface area contributed by atoms with Crippen LogP contribution in [0.1, 0.15) is 32.3 Å². The van der Waals surface area contributed by atoms with Crippen molar-refractivity contribution in [1.29, 1.82) is 0 Å². The van der Waals surface area contributed by atoms with Gasteiger partial charge in [0.05, 0.1) is 5.41 Å². The fourth-order valence-electron chi connectivity index (χ4n) is 2.65. The first kappa shape index (κ1) is 13.9. The maximum absolute atomic E-state index is 12.4. The number of fused-ring (bicyclic) bond motifs is 1. The Bertz CT molecular complexity index is 498. The van der Waals surface area contributed by atoms with Crippen molar-refractivity contribution in [3.63, 3.8) is 0 Å². The second-order valence-corrected chi connectivity index (χ2v) is 5.01. The highest BCUT2D eigenvalue weighted by Crippen LogP contribution is 2.45. The second-order valence-electron chi connectivity index (χ2n) is 5.01. The molecule has 19 heavy (non-hydrogen) atoms. The lowest BCUT2D eigenvalue weighted by atomic mass is 9.79. The number of benzene rings is 1. The molecule has 0 fully saturated rings. The van der Waals surface area contributed by atoms with Crippen molar-refractivity contribution in [2.24, 2.45) is 0 Å². The summed E-state index contributed by atoms with van der Waals surface area (Å²) in [7, 11) is 0. The van der Waals surface area contributed by atoms with Crippen molar-refractivity contribution in [3.8, 4) is 0 Å². The summed E-state index contributed by atoms with van der Waals surface area (Å²) in [5.41, 5.74) is 0.369. The molecule has 2 nitrogen and oxygen atoms in total. The number of hydrogen-bond acceptors (Lipinski definition) is 1. The third-order valence-electron chi connectivity index (χ3n) is 3.73. The Labute approximate surface area is 110 Å². The Morgan fingerprint density at radius 3 is 2.47 bits per heavy atom. The molecule has 104 valence electrons. The molecule has 0 saturated carbocycles. The number of alkyl halides is 3. The lowest BCUT2D eigenvalue weighted by Gasteiger charge is -2.24. The molecule has 1 atom stereocenters. The van der Waals surface area contributed by atoms with Crippen LogP contribution in [0.3, 0.4) is 0 Å². The van der Waals surface area contributed by atoms with Gasteiger partial charge in [0.25, 0.3) is 0 Å². The number of nitrogens with zero attached hydrogens (tertiary/aromatic N) is 1. The zero-order valence-electron chi connectivity index (χ0n) is 10.9. The minimum atomic E-state index is -4.24. The SMILES string of the molecule is CCN1C(=O)C(C)(CCC(F)(F)F)c2ccccc21. The molecule has 5 heteroatoms. The second kappa shape index (κ2) is 4.54. The summed E-state index contributed by atoms with van der Waals surface area (Å²) in [6, 6.07) is 7.09. The summed E-state index contributed by atoms with van der Waals surface area (Å²) < 4.78 is 37.3. The Balaban J connectivity index is 2.38. The fraction of sp³-hybridized carbons (Fsp3) is 0.500. The molecular weight excluding hydrogens is 255 g/mol. The van der Waals surface area contributed by atoms with Crippen molar-refractivity contribution in [3.05, 3.63) is 29.8 Å². The predicted molar refractivity (Wildman–Crippen MR) is 67.1 cm³/mol. The fourth-order valence-corrected chi connectivity index (χ4v) is 2.65. The van der Waals surface area contributed by atoms with Crippen LogP contribution >= 0.6 is 0 Å². The normalized spacial score (nSPS) is 22.8. The lowest BCUT2D eigenvalue weighted by Crippen LogP contribution is -2.38. The van der Waals surface area contributed by atoms with Gasteiger partial charge in [-0.15, -0.1) is 0 Å². The molecular formula is C14H16F3NO. The molecule has 1 unspecified atom stereocenters. The molecule has 1 aromatic rings. The summed E-state index contributed by atoms with van der Waals surface area (Å²) in [4.78, 5) is 14.0. The molecule has 0 spiro atoms. The first-order valence-electron chi connectivity index (χ1n) is 6.28. The molecule has 0 radical (unpaired) electrons. The molecule has 0 N–H and O–H groups in total. The number of halogens is 3. The Hall–Kier alpha value is -1.52. The van der Waals surface area contributed by atoms with E-state index in [1.807, 2.05) is 6.92 Å². The molecule has 1 amide bonds. The van der Waals surface area contributed by atoms with Crippen molar-refractivity contribution >= 4 is 11.6 Å². The first-order chi connectivity index (χ1) is 8.79. The van der Waals surface area contributed by atoms with E-state index >= 15 is 0 Å². The van der Waals surface area contributed by atoms with E-state index in [9.17, 15) is 18.0 Å². The van der Waals surface area contributed by atoms with Gasteiger partial charge in [0.1, 0.15) is 0 Å². The van der Waals surface area contributed by atoms with Crippen molar-refractivity contribution in [2.45, 2.75) is 38.3 Å². The standard InChI is InChI=1S/C14H16F3NO/c1-3-18-11-7-5-4-6-10(11)13(2,12(18)19)8-9-14(15,16)17/h4-7H,3,8-9H2,1-2H3. The zero-order valence-corrected chi connectivity index (χ0v) is 10.9. The molecule has 2 rings (SSSR count). The van der Waals surface area contributed by atoms with Gasteiger partial charge in [-0.3, -0.25) is 4.79 Å². The van der Waals surface area contributed by atoms with Crippen LogP contribution in [0, 0.1) is 0 Å². The van der Waals surface area contributed by atoms with Crippen LogP contribution in [0.15, 0.2) is 24.3 Å². The minimum absolute atomic E-state index is 0.206. The third-order valence-corrected chi connectivity index (χ3v) is 3.73. The van der Waals surface area contributed by atoms with Gasteiger partial charge >= 0.3 is 6.18 Å². The van der Waals surface area contributed by atoms with Gasteiger partial charge in [-0.2, -0.15) is 13.2 Å². The van der Waals surface area contributed by atoms with Crippen LogP contribution < -0.4 is 4.90 Å². The summed E-state index contributed by atoms with van der Waals surface area (Å²) in [5.74, 6) is -0.236. The summed E-state index contributed by atoms with van der Waals surface area (Å²) in [6.07, 6.45) is -5.39. The van der Waals surface area contributed by atoms with Crippen LogP contribution in [0.25, 0.3) is 0 Å². The summed E-state index contributed by atoms with van der Waals surface area (Å²) in [6.45, 7) is 3.90. The van der Waals surface area contributed by atoms with Crippen LogP contribution in [0.5, 0.6) is 0 Å². The first-order valence-corrected chi connectivity index (χ1v) is 6.28. The molecule has 0 aliphatic carbocycles. The van der Waals surface area contributed by atoms with Crippen molar-refractivity contribution in [1.82, 2.24) is 0 Å². The Morgan fingerprint density at radius 2 is 1.89 bits per heavy atom. The average Bonchev–Trinajstić information content (AvgIpc) is 2.57. The average molecular weight is 271 g/mol. The number of anilines is 1. The number of para-hydroxylation sites is 1. The topological polar surface area (TPSA) is 20.3 Å². The highest BCUT2D eigenvalue weighted by molar-refractivity contribution is 6.07. The Kier molecular flexibility index (Phi) is 3.32. The van der Waals surface area contributed by atoms with Gasteiger partial charge in [-0.05, 0) is 31.9 Å². The van der Waals surface area contributed by atoms with E-state index in [4.69, 9.17) is 0 Å². The monoisotopic (exact) mass is 271 g/mol. The Morgan fingerprint density at radius 1 is 1.26 bits per heavy atom. The molecule has 1 aliphatic heterocycles. The smallest absolute Gasteiger partial charge is 0.312 e. The quantitative estimate of drug-likeness (QED) is 0.821. The molecule has 1 aliphatic rings. The van der Waals surface area contributed by atoms with E-state index in [1.165, 1.54) is 0 Å². The van der Waals surface area contributed by atoms with E-state index in [0.29, 0.717) is 12.1 Å². The number of rotatable bonds is 3. The van der Waals surface area contributed by atoms with Gasteiger partial charge in [0, 0.05) is 18.7 Å². The van der Waals surface area contributed by atoms with Gasteiger partial charge in [0.15, 0.2) is 0 Å². The van der Waals surface area contributed by atoms with Gasteiger partial charge in [-0.25, -0.2) is 0 Å². The van der Waals surface area contributed by atoms with Gasteiger partial charge < -0.3 is 4.90 Å². The minimum Gasteiger partial charge on any atom is -0.312 e. The number of carbonyl (C=O) groups excluding carboxylic acids is 1. The van der Waals surface area contributed by atoms with Crippen LogP contribution in [-0.4, -0.2) is 18.6 Å². The number of amides is 1. The summed E-state index contributed by atoms with van der Waals surface area (Å²) in [5, 5.41) is 0. The molecule has 1 heterocycles. The molecule has 1 aromatic carbocycles. The van der Waals surface area contributed by atoms with Crippen molar-refractivity contribution in [2.75, 3.05) is 11.4 Å². The third kappa shape index (κ3) is 2.33. The number of carbonyl (C=O) groups is 1. The highest BCUT2D eigenvalue weighted by Gasteiger charge is 2.48. The predicted octanol–water partition coefficient (Wildman–Crippen LogP) is 3.65. The maximum Gasteiger partial charge on any atom is 0.389 e. The molecule has 0 saturated heterocycles. The van der Waals surface area contributed by atoms with E-state index in [0.717, 1.165) is 5.69 Å². The summed E-state index contributed by atoms with van der Waals surface area (Å²) >= 11 is 0.